The fraction of sp³-hybridized carbons (Fsp3) is 0.833. The highest BCUT2D eigenvalue weighted by Gasteiger charge is 2.50. The first-order chi connectivity index (χ1) is 16.5. The third kappa shape index (κ3) is 7.66. The number of carbonyl (C=O) groups is 1. The molecule has 3 aliphatic carbocycles. The number of fused-ring (bicyclic) bond motifs is 1. The van der Waals surface area contributed by atoms with Crippen molar-refractivity contribution in [3.05, 3.63) is 23.3 Å². The molecule has 5 heteroatoms. The number of hydrogen-bond donors (Lipinski definition) is 1. The molecule has 0 aliphatic heterocycles. The molecule has 0 heterocycles. The molecule has 3 saturated carbocycles. The lowest BCUT2D eigenvalue weighted by atomic mass is 9.60. The van der Waals surface area contributed by atoms with Crippen LogP contribution >= 0.6 is 0 Å². The van der Waals surface area contributed by atoms with Crippen LogP contribution in [0, 0.1) is 23.2 Å². The van der Waals surface area contributed by atoms with Crippen molar-refractivity contribution in [2.45, 2.75) is 123 Å². The molecule has 0 unspecified atom stereocenters. The molecule has 0 saturated heterocycles. The van der Waals surface area contributed by atoms with Crippen LogP contribution in [0.3, 0.4) is 0 Å². The molecule has 5 nitrogen and oxygen atoms in total. The maximum atomic E-state index is 11.4. The normalized spacial score (nSPS) is 34.7. The van der Waals surface area contributed by atoms with E-state index in [0.29, 0.717) is 31.0 Å². The summed E-state index contributed by atoms with van der Waals surface area (Å²) < 4.78 is 16.3. The number of esters is 1. The van der Waals surface area contributed by atoms with Crippen molar-refractivity contribution in [1.29, 1.82) is 0 Å². The molecule has 3 fully saturated rings. The number of methoxy groups -OCH3 is 1. The van der Waals surface area contributed by atoms with Crippen LogP contribution in [0.25, 0.3) is 0 Å². The number of carbonyl (C=O) groups excluding carboxylic acids is 1. The Morgan fingerprint density at radius 2 is 2.03 bits per heavy atom. The van der Waals surface area contributed by atoms with E-state index in [9.17, 15) is 9.90 Å². The van der Waals surface area contributed by atoms with Gasteiger partial charge in [-0.3, -0.25) is 4.79 Å². The Balaban J connectivity index is 1.61. The summed E-state index contributed by atoms with van der Waals surface area (Å²) in [7, 11) is 1.68. The van der Waals surface area contributed by atoms with Gasteiger partial charge in [-0.05, 0) is 82.0 Å². The van der Waals surface area contributed by atoms with Crippen LogP contribution in [0.4, 0.5) is 0 Å². The molecular formula is C30H50O5. The number of ether oxygens (including phenoxy) is 3. The minimum Gasteiger partial charge on any atom is -0.462 e. The first-order valence-corrected chi connectivity index (χ1v) is 13.9. The number of rotatable bonds is 10. The first kappa shape index (κ1) is 28.4. The SMILES string of the molecule is COCOC(C)(C)CCC[C@@H](C)[C@H]1CC[C@H]2C(=CC=C3C[C@@H](O)C[C@H](OC(C)=O)C3)CCC[C@]12C. The van der Waals surface area contributed by atoms with Crippen LogP contribution in [0.15, 0.2) is 23.3 Å². The molecular weight excluding hydrogens is 440 g/mol. The zero-order valence-electron chi connectivity index (χ0n) is 23.1. The van der Waals surface area contributed by atoms with Crippen molar-refractivity contribution >= 4 is 5.97 Å². The summed E-state index contributed by atoms with van der Waals surface area (Å²) in [6, 6.07) is 0. The highest BCUT2D eigenvalue weighted by molar-refractivity contribution is 5.66. The molecule has 200 valence electrons. The predicted octanol–water partition coefficient (Wildman–Crippen LogP) is 6.74. The minimum atomic E-state index is -0.420. The van der Waals surface area contributed by atoms with E-state index in [-0.39, 0.29) is 17.7 Å². The Labute approximate surface area is 213 Å². The van der Waals surface area contributed by atoms with Crippen LogP contribution in [-0.4, -0.2) is 42.8 Å². The van der Waals surface area contributed by atoms with E-state index in [1.807, 2.05) is 0 Å². The molecule has 0 amide bonds. The minimum absolute atomic E-state index is 0.132. The lowest BCUT2D eigenvalue weighted by Gasteiger charge is -2.44. The Kier molecular flexibility index (Phi) is 10.0. The van der Waals surface area contributed by atoms with E-state index >= 15 is 0 Å². The Hall–Kier alpha value is -1.17. The first-order valence-electron chi connectivity index (χ1n) is 13.9. The van der Waals surface area contributed by atoms with Gasteiger partial charge in [0.25, 0.3) is 0 Å². The van der Waals surface area contributed by atoms with Crippen molar-refractivity contribution < 1.29 is 24.1 Å². The predicted molar refractivity (Wildman–Crippen MR) is 140 cm³/mol. The number of aliphatic hydroxyl groups is 1. The summed E-state index contributed by atoms with van der Waals surface area (Å²) in [4.78, 5) is 11.4. The molecule has 0 bridgehead atoms. The zero-order chi connectivity index (χ0) is 25.6. The second kappa shape index (κ2) is 12.4. The molecule has 3 rings (SSSR count). The van der Waals surface area contributed by atoms with Crippen LogP contribution in [0.1, 0.15) is 105 Å². The Morgan fingerprint density at radius 3 is 2.74 bits per heavy atom. The van der Waals surface area contributed by atoms with Gasteiger partial charge in [0.1, 0.15) is 12.9 Å². The van der Waals surface area contributed by atoms with Crippen molar-refractivity contribution in [2.75, 3.05) is 13.9 Å². The summed E-state index contributed by atoms with van der Waals surface area (Å²) in [5.74, 6) is 1.90. The Morgan fingerprint density at radius 1 is 1.26 bits per heavy atom. The second-order valence-electron chi connectivity index (χ2n) is 12.4. The van der Waals surface area contributed by atoms with Gasteiger partial charge in [-0.2, -0.15) is 0 Å². The summed E-state index contributed by atoms with van der Waals surface area (Å²) >= 11 is 0. The van der Waals surface area contributed by atoms with Crippen molar-refractivity contribution in [3.63, 3.8) is 0 Å². The lowest BCUT2D eigenvalue weighted by Crippen LogP contribution is -2.36. The van der Waals surface area contributed by atoms with Gasteiger partial charge in [0.2, 0.25) is 0 Å². The van der Waals surface area contributed by atoms with Gasteiger partial charge in [0, 0.05) is 26.9 Å². The fourth-order valence-corrected chi connectivity index (χ4v) is 7.39. The van der Waals surface area contributed by atoms with Crippen LogP contribution in [0.5, 0.6) is 0 Å². The number of allylic oxidation sites excluding steroid dienone is 3. The standard InChI is InChI=1S/C30H50O5/c1-21(9-7-15-29(3,4)34-20-33-6)27-13-14-28-24(10-8-16-30(27,28)5)12-11-23-17-25(32)19-26(18-23)35-22(2)31/h11-12,21,25-28,32H,7-10,13-20H2,1-6H3/t21-,25-,26-,27-,28+,30-/m1/s1. The van der Waals surface area contributed by atoms with Gasteiger partial charge in [-0.1, -0.05) is 50.0 Å². The van der Waals surface area contributed by atoms with Gasteiger partial charge < -0.3 is 19.3 Å². The summed E-state index contributed by atoms with van der Waals surface area (Å²) in [5, 5.41) is 10.3. The molecule has 0 aromatic rings. The third-order valence-electron chi connectivity index (χ3n) is 9.12. The molecule has 0 aromatic carbocycles. The van der Waals surface area contributed by atoms with Crippen LogP contribution < -0.4 is 0 Å². The zero-order valence-corrected chi connectivity index (χ0v) is 23.1. The topological polar surface area (TPSA) is 65.0 Å². The third-order valence-corrected chi connectivity index (χ3v) is 9.12. The van der Waals surface area contributed by atoms with Crippen molar-refractivity contribution in [3.8, 4) is 0 Å². The number of aliphatic hydroxyl groups excluding tert-OH is 1. The maximum Gasteiger partial charge on any atom is 0.302 e. The molecule has 3 aliphatic rings. The van der Waals surface area contributed by atoms with E-state index in [4.69, 9.17) is 14.2 Å². The largest absolute Gasteiger partial charge is 0.462 e. The highest BCUT2D eigenvalue weighted by Crippen LogP contribution is 2.60. The average molecular weight is 491 g/mol. The maximum absolute atomic E-state index is 11.4. The van der Waals surface area contributed by atoms with Gasteiger partial charge in [-0.15, -0.1) is 0 Å². The van der Waals surface area contributed by atoms with E-state index in [2.05, 4.69) is 39.8 Å². The van der Waals surface area contributed by atoms with E-state index in [0.717, 1.165) is 24.7 Å². The second-order valence-corrected chi connectivity index (χ2v) is 12.4. The van der Waals surface area contributed by atoms with Gasteiger partial charge in [-0.25, -0.2) is 0 Å². The summed E-state index contributed by atoms with van der Waals surface area (Å²) in [6.45, 7) is 11.2. The average Bonchev–Trinajstić information content (AvgIpc) is 3.13. The molecule has 1 N–H and O–H groups in total. The quantitative estimate of drug-likeness (QED) is 0.271. The summed E-state index contributed by atoms with van der Waals surface area (Å²) in [5.41, 5.74) is 3.05. The summed E-state index contributed by atoms with van der Waals surface area (Å²) in [6.07, 6.45) is 15.9. The smallest absolute Gasteiger partial charge is 0.302 e. The van der Waals surface area contributed by atoms with E-state index in [1.165, 1.54) is 57.4 Å². The van der Waals surface area contributed by atoms with E-state index < -0.39 is 6.10 Å². The van der Waals surface area contributed by atoms with Crippen molar-refractivity contribution in [2.24, 2.45) is 23.2 Å². The monoisotopic (exact) mass is 490 g/mol. The lowest BCUT2D eigenvalue weighted by molar-refractivity contribution is -0.148. The molecule has 0 radical (unpaired) electrons. The van der Waals surface area contributed by atoms with Crippen LogP contribution in [-0.2, 0) is 19.0 Å². The van der Waals surface area contributed by atoms with Crippen molar-refractivity contribution in [1.82, 2.24) is 0 Å². The van der Waals surface area contributed by atoms with Crippen LogP contribution in [0.2, 0.25) is 0 Å². The molecule has 6 atom stereocenters. The molecule has 0 aromatic heterocycles. The number of hydrogen-bond acceptors (Lipinski definition) is 5. The van der Waals surface area contributed by atoms with E-state index in [1.54, 1.807) is 12.7 Å². The van der Waals surface area contributed by atoms with Gasteiger partial charge in [0.15, 0.2) is 0 Å². The Bertz CT molecular complexity index is 769. The molecule has 35 heavy (non-hydrogen) atoms. The van der Waals surface area contributed by atoms with Gasteiger partial charge >= 0.3 is 5.97 Å². The molecule has 0 spiro atoms. The highest BCUT2D eigenvalue weighted by atomic mass is 16.7. The fourth-order valence-electron chi connectivity index (χ4n) is 7.39. The van der Waals surface area contributed by atoms with Gasteiger partial charge in [0.05, 0.1) is 11.7 Å².